The SMILES string of the molecule is CCc1ccc(-c2nc3sc(N4CCN(C(=O)C(C)C)CC4)nn3c2NC(C)(C)C)cc1. The number of nitrogens with one attached hydrogen (secondary N) is 1. The largest absolute Gasteiger partial charge is 0.364 e. The lowest BCUT2D eigenvalue weighted by molar-refractivity contribution is -0.134. The summed E-state index contributed by atoms with van der Waals surface area (Å²) in [5.41, 5.74) is 3.21. The maximum absolute atomic E-state index is 12.3. The van der Waals surface area contributed by atoms with Crippen molar-refractivity contribution in [2.75, 3.05) is 36.4 Å². The van der Waals surface area contributed by atoms with Crippen molar-refractivity contribution >= 4 is 33.2 Å². The van der Waals surface area contributed by atoms with Gasteiger partial charge in [0.2, 0.25) is 16.0 Å². The molecule has 7 nitrogen and oxygen atoms in total. The normalized spacial score (nSPS) is 15.1. The molecule has 0 atom stereocenters. The summed E-state index contributed by atoms with van der Waals surface area (Å²) in [5, 5.41) is 9.51. The zero-order valence-corrected chi connectivity index (χ0v) is 20.8. The number of nitrogens with zero attached hydrogens (tertiary/aromatic N) is 5. The first-order chi connectivity index (χ1) is 15.2. The maximum atomic E-state index is 12.3. The molecule has 1 aliphatic heterocycles. The van der Waals surface area contributed by atoms with E-state index in [2.05, 4.69) is 62.2 Å². The Bertz CT molecular complexity index is 1080. The number of hydrogen-bond acceptors (Lipinski definition) is 6. The molecule has 8 heteroatoms. The molecule has 172 valence electrons. The van der Waals surface area contributed by atoms with E-state index in [1.807, 2.05) is 23.3 Å². The van der Waals surface area contributed by atoms with Gasteiger partial charge in [0.15, 0.2) is 5.82 Å². The van der Waals surface area contributed by atoms with Crippen LogP contribution < -0.4 is 10.2 Å². The van der Waals surface area contributed by atoms with Gasteiger partial charge in [0, 0.05) is 43.2 Å². The standard InChI is InChI=1S/C24H34N6OS/c1-7-17-8-10-18(11-9-17)19-20(26-24(4,5)6)30-22(25-19)32-23(27-30)29-14-12-28(13-15-29)21(31)16(2)3/h8-11,16,26H,7,12-15H2,1-6H3. The average molecular weight is 455 g/mol. The molecule has 0 radical (unpaired) electrons. The number of anilines is 2. The van der Waals surface area contributed by atoms with Crippen molar-refractivity contribution in [3.05, 3.63) is 29.8 Å². The van der Waals surface area contributed by atoms with E-state index in [9.17, 15) is 4.79 Å². The van der Waals surface area contributed by atoms with Crippen molar-refractivity contribution in [3.8, 4) is 11.3 Å². The molecule has 2 aromatic heterocycles. The van der Waals surface area contributed by atoms with Crippen LogP contribution in [-0.2, 0) is 11.2 Å². The first-order valence-electron chi connectivity index (χ1n) is 11.5. The second-order valence-electron chi connectivity index (χ2n) is 9.78. The zero-order valence-electron chi connectivity index (χ0n) is 20.0. The Morgan fingerprint density at radius 1 is 1.12 bits per heavy atom. The molecular weight excluding hydrogens is 420 g/mol. The molecule has 3 heterocycles. The third-order valence-corrected chi connectivity index (χ3v) is 6.65. The first kappa shape index (κ1) is 22.6. The molecule has 1 aliphatic rings. The summed E-state index contributed by atoms with van der Waals surface area (Å²) in [4.78, 5) is 22.4. The van der Waals surface area contributed by atoms with E-state index >= 15 is 0 Å². The van der Waals surface area contributed by atoms with E-state index in [4.69, 9.17) is 10.1 Å². The number of aryl methyl sites for hydroxylation is 1. The highest BCUT2D eigenvalue weighted by Gasteiger charge is 2.27. The summed E-state index contributed by atoms with van der Waals surface area (Å²) >= 11 is 1.61. The number of hydrogen-bond donors (Lipinski definition) is 1. The lowest BCUT2D eigenvalue weighted by atomic mass is 10.1. The molecule has 1 fully saturated rings. The number of carbonyl (C=O) groups is 1. The fraction of sp³-hybridized carbons (Fsp3) is 0.542. The van der Waals surface area contributed by atoms with Crippen LogP contribution in [0.3, 0.4) is 0 Å². The third-order valence-electron chi connectivity index (χ3n) is 5.68. The Hall–Kier alpha value is -2.61. The van der Waals surface area contributed by atoms with E-state index < -0.39 is 0 Å². The van der Waals surface area contributed by atoms with Crippen LogP contribution in [0.1, 0.15) is 47.1 Å². The van der Waals surface area contributed by atoms with E-state index in [0.717, 1.165) is 59.8 Å². The van der Waals surface area contributed by atoms with Gasteiger partial charge in [-0.25, -0.2) is 4.98 Å². The Balaban J connectivity index is 1.63. The summed E-state index contributed by atoms with van der Waals surface area (Å²) in [6.45, 7) is 15.6. The quantitative estimate of drug-likeness (QED) is 0.613. The van der Waals surface area contributed by atoms with Gasteiger partial charge in [-0.15, -0.1) is 5.10 Å². The molecular formula is C24H34N6OS. The fourth-order valence-electron chi connectivity index (χ4n) is 3.92. The molecule has 1 aromatic carbocycles. The Morgan fingerprint density at radius 2 is 1.78 bits per heavy atom. The molecule has 0 unspecified atom stereocenters. The smallest absolute Gasteiger partial charge is 0.225 e. The summed E-state index contributed by atoms with van der Waals surface area (Å²) in [6.07, 6.45) is 1.02. The van der Waals surface area contributed by atoms with Crippen LogP contribution in [-0.4, -0.2) is 57.1 Å². The number of amides is 1. The minimum Gasteiger partial charge on any atom is -0.364 e. The van der Waals surface area contributed by atoms with Gasteiger partial charge in [0.1, 0.15) is 5.69 Å². The predicted molar refractivity (Wildman–Crippen MR) is 133 cm³/mol. The molecule has 32 heavy (non-hydrogen) atoms. The number of benzene rings is 1. The highest BCUT2D eigenvalue weighted by atomic mass is 32.1. The minimum atomic E-state index is -0.124. The van der Waals surface area contributed by atoms with Crippen LogP contribution in [0.15, 0.2) is 24.3 Å². The van der Waals surface area contributed by atoms with E-state index in [1.54, 1.807) is 11.3 Å². The summed E-state index contributed by atoms with van der Waals surface area (Å²) in [6, 6.07) is 8.62. The van der Waals surface area contributed by atoms with Crippen molar-refractivity contribution in [2.45, 2.75) is 53.5 Å². The van der Waals surface area contributed by atoms with Gasteiger partial charge < -0.3 is 15.1 Å². The average Bonchev–Trinajstić information content (AvgIpc) is 3.32. The number of aromatic nitrogens is 3. The van der Waals surface area contributed by atoms with Gasteiger partial charge in [0.25, 0.3) is 0 Å². The topological polar surface area (TPSA) is 65.8 Å². The van der Waals surface area contributed by atoms with Gasteiger partial charge in [-0.1, -0.05) is 56.4 Å². The van der Waals surface area contributed by atoms with Crippen molar-refractivity contribution in [3.63, 3.8) is 0 Å². The van der Waals surface area contributed by atoms with Crippen LogP contribution in [0.2, 0.25) is 0 Å². The number of rotatable bonds is 5. The monoisotopic (exact) mass is 454 g/mol. The van der Waals surface area contributed by atoms with Gasteiger partial charge in [0.05, 0.1) is 0 Å². The number of carbonyl (C=O) groups excluding carboxylic acids is 1. The van der Waals surface area contributed by atoms with E-state index in [-0.39, 0.29) is 17.4 Å². The van der Waals surface area contributed by atoms with Gasteiger partial charge >= 0.3 is 0 Å². The van der Waals surface area contributed by atoms with Gasteiger partial charge in [-0.3, -0.25) is 4.79 Å². The Morgan fingerprint density at radius 3 is 2.34 bits per heavy atom. The van der Waals surface area contributed by atoms with Crippen LogP contribution >= 0.6 is 11.3 Å². The Labute approximate surface area is 194 Å². The molecule has 0 saturated carbocycles. The van der Waals surface area contributed by atoms with Crippen LogP contribution in [0, 0.1) is 5.92 Å². The van der Waals surface area contributed by atoms with E-state index in [0.29, 0.717) is 0 Å². The minimum absolute atomic E-state index is 0.0422. The summed E-state index contributed by atoms with van der Waals surface area (Å²) < 4.78 is 1.94. The molecule has 1 saturated heterocycles. The summed E-state index contributed by atoms with van der Waals surface area (Å²) in [5.74, 6) is 1.20. The highest BCUT2D eigenvalue weighted by molar-refractivity contribution is 7.20. The summed E-state index contributed by atoms with van der Waals surface area (Å²) in [7, 11) is 0. The first-order valence-corrected chi connectivity index (χ1v) is 12.3. The van der Waals surface area contributed by atoms with Crippen LogP contribution in [0.4, 0.5) is 10.9 Å². The molecule has 3 aromatic rings. The molecule has 0 aliphatic carbocycles. The van der Waals surface area contributed by atoms with Crippen molar-refractivity contribution in [1.29, 1.82) is 0 Å². The Kier molecular flexibility index (Phi) is 6.16. The van der Waals surface area contributed by atoms with Crippen molar-refractivity contribution < 1.29 is 4.79 Å². The van der Waals surface area contributed by atoms with Crippen molar-refractivity contribution in [1.82, 2.24) is 19.5 Å². The van der Waals surface area contributed by atoms with Gasteiger partial charge in [-0.05, 0) is 32.8 Å². The predicted octanol–water partition coefficient (Wildman–Crippen LogP) is 4.54. The number of fused-ring (bicyclic) bond motifs is 1. The van der Waals surface area contributed by atoms with Crippen LogP contribution in [0.25, 0.3) is 16.2 Å². The molecule has 0 spiro atoms. The zero-order chi connectivity index (χ0) is 23.0. The second kappa shape index (κ2) is 8.73. The van der Waals surface area contributed by atoms with Gasteiger partial charge in [-0.2, -0.15) is 4.52 Å². The number of piperazine rings is 1. The lowest BCUT2D eigenvalue weighted by Crippen LogP contribution is -2.49. The lowest BCUT2D eigenvalue weighted by Gasteiger charge is -2.35. The highest BCUT2D eigenvalue weighted by Crippen LogP contribution is 2.35. The fourth-order valence-corrected chi connectivity index (χ4v) is 4.87. The van der Waals surface area contributed by atoms with Crippen LogP contribution in [0.5, 0.6) is 0 Å². The third kappa shape index (κ3) is 4.60. The maximum Gasteiger partial charge on any atom is 0.225 e. The molecule has 0 bridgehead atoms. The van der Waals surface area contributed by atoms with E-state index in [1.165, 1.54) is 5.56 Å². The molecule has 4 rings (SSSR count). The number of imidazole rings is 1. The second-order valence-corrected chi connectivity index (χ2v) is 10.7. The molecule has 1 N–H and O–H groups in total. The van der Waals surface area contributed by atoms with Crippen molar-refractivity contribution in [2.24, 2.45) is 5.92 Å². The molecule has 1 amide bonds.